The lowest BCUT2D eigenvalue weighted by molar-refractivity contribution is -0.128. The molecule has 27 heavy (non-hydrogen) atoms. The molecule has 0 saturated heterocycles. The van der Waals surface area contributed by atoms with Crippen molar-refractivity contribution in [3.8, 4) is 11.4 Å². The summed E-state index contributed by atoms with van der Waals surface area (Å²) < 4.78 is 8.34. The summed E-state index contributed by atoms with van der Waals surface area (Å²) in [5.41, 5.74) is 6.15. The number of hydrogen-bond acceptors (Lipinski definition) is 3. The molecule has 2 N–H and O–H groups in total. The van der Waals surface area contributed by atoms with E-state index >= 15 is 0 Å². The van der Waals surface area contributed by atoms with Crippen molar-refractivity contribution in [2.24, 2.45) is 0 Å². The minimum absolute atomic E-state index is 0.405. The molecular weight excluding hydrogens is 410 g/mol. The Morgan fingerprint density at radius 3 is 2.37 bits per heavy atom. The highest BCUT2D eigenvalue weighted by molar-refractivity contribution is 9.10. The Balaban J connectivity index is 1.52. The van der Waals surface area contributed by atoms with Gasteiger partial charge in [-0.25, -0.2) is 0 Å². The van der Waals surface area contributed by atoms with Crippen molar-refractivity contribution < 1.29 is 14.3 Å². The molecule has 0 bridgehead atoms. The summed E-state index contributed by atoms with van der Waals surface area (Å²) in [7, 11) is 0. The fourth-order valence-electron chi connectivity index (χ4n) is 2.38. The molecule has 0 saturated carbocycles. The average molecular weight is 428 g/mol. The summed E-state index contributed by atoms with van der Waals surface area (Å²) in [5.74, 6) is -0.302. The Bertz CT molecular complexity index is 924. The number of nitrogens with one attached hydrogen (secondary N) is 2. The minimum Gasteiger partial charge on any atom is -0.481 e. The predicted molar refractivity (Wildman–Crippen MR) is 106 cm³/mol. The van der Waals surface area contributed by atoms with Crippen LogP contribution in [0, 0.1) is 0 Å². The third-order valence-corrected chi connectivity index (χ3v) is 4.30. The molecule has 2 amide bonds. The van der Waals surface area contributed by atoms with Crippen LogP contribution in [0.3, 0.4) is 0 Å². The van der Waals surface area contributed by atoms with Crippen LogP contribution in [0.4, 0.5) is 0 Å². The Kier molecular flexibility index (Phi) is 5.93. The van der Waals surface area contributed by atoms with E-state index in [0.717, 1.165) is 10.2 Å². The van der Waals surface area contributed by atoms with Gasteiger partial charge in [0.25, 0.3) is 11.8 Å². The summed E-state index contributed by atoms with van der Waals surface area (Å²) in [6, 6.07) is 18.1. The summed E-state index contributed by atoms with van der Waals surface area (Å²) in [6.45, 7) is 1.61. The van der Waals surface area contributed by atoms with Crippen LogP contribution in [0.2, 0.25) is 0 Å². The van der Waals surface area contributed by atoms with Crippen molar-refractivity contribution in [1.29, 1.82) is 0 Å². The Morgan fingerprint density at radius 2 is 1.70 bits per heavy atom. The van der Waals surface area contributed by atoms with Crippen LogP contribution >= 0.6 is 15.9 Å². The van der Waals surface area contributed by atoms with Crippen molar-refractivity contribution >= 4 is 27.7 Å². The Morgan fingerprint density at radius 1 is 1.00 bits per heavy atom. The molecule has 0 spiro atoms. The van der Waals surface area contributed by atoms with Gasteiger partial charge in [0.2, 0.25) is 0 Å². The van der Waals surface area contributed by atoms with Gasteiger partial charge < -0.3 is 9.30 Å². The summed E-state index contributed by atoms with van der Waals surface area (Å²) in [5, 5.41) is 0. The molecule has 7 heteroatoms. The van der Waals surface area contributed by atoms with E-state index in [1.165, 1.54) is 0 Å². The highest BCUT2D eigenvalue weighted by Gasteiger charge is 2.16. The number of ether oxygens (including phenoxy) is 1. The van der Waals surface area contributed by atoms with E-state index in [2.05, 4.69) is 26.8 Å². The molecule has 0 fully saturated rings. The second-order valence-corrected chi connectivity index (χ2v) is 6.71. The zero-order valence-electron chi connectivity index (χ0n) is 14.6. The molecule has 2 aromatic carbocycles. The Labute approximate surface area is 165 Å². The monoisotopic (exact) mass is 427 g/mol. The third-order valence-electron chi connectivity index (χ3n) is 3.81. The Hall–Kier alpha value is -3.06. The van der Waals surface area contributed by atoms with Gasteiger partial charge in [0, 0.05) is 28.1 Å². The average Bonchev–Trinajstić information content (AvgIpc) is 3.20. The van der Waals surface area contributed by atoms with Crippen molar-refractivity contribution in [1.82, 2.24) is 15.4 Å². The summed E-state index contributed by atoms with van der Waals surface area (Å²) in [4.78, 5) is 24.3. The van der Waals surface area contributed by atoms with E-state index in [1.54, 1.807) is 31.2 Å². The summed E-state index contributed by atoms with van der Waals surface area (Å²) >= 11 is 3.34. The molecule has 3 rings (SSSR count). The molecule has 138 valence electrons. The quantitative estimate of drug-likeness (QED) is 0.612. The van der Waals surface area contributed by atoms with Gasteiger partial charge in [0.1, 0.15) is 5.75 Å². The fraction of sp³-hybridized carbons (Fsp3) is 0.100. The molecule has 0 aliphatic heterocycles. The first kappa shape index (κ1) is 18.7. The van der Waals surface area contributed by atoms with Crippen LogP contribution < -0.4 is 15.6 Å². The first-order chi connectivity index (χ1) is 13.0. The van der Waals surface area contributed by atoms with Gasteiger partial charge in [-0.3, -0.25) is 20.4 Å². The topological polar surface area (TPSA) is 72.4 Å². The number of nitrogens with zero attached hydrogens (tertiary/aromatic N) is 1. The maximum atomic E-state index is 12.2. The van der Waals surface area contributed by atoms with E-state index in [-0.39, 0.29) is 0 Å². The van der Waals surface area contributed by atoms with Gasteiger partial charge in [-0.15, -0.1) is 0 Å². The van der Waals surface area contributed by atoms with Crippen LogP contribution in [-0.2, 0) is 4.79 Å². The highest BCUT2D eigenvalue weighted by Crippen LogP contribution is 2.18. The maximum Gasteiger partial charge on any atom is 0.279 e. The van der Waals surface area contributed by atoms with Crippen LogP contribution in [-0.4, -0.2) is 22.5 Å². The van der Waals surface area contributed by atoms with E-state index in [9.17, 15) is 9.59 Å². The number of hydrazine groups is 1. The largest absolute Gasteiger partial charge is 0.481 e. The zero-order valence-corrected chi connectivity index (χ0v) is 16.1. The molecular formula is C20H18BrN3O3. The highest BCUT2D eigenvalue weighted by atomic mass is 79.9. The number of hydrogen-bond donors (Lipinski definition) is 2. The molecule has 3 aromatic rings. The van der Waals surface area contributed by atoms with Gasteiger partial charge in [0.15, 0.2) is 6.10 Å². The van der Waals surface area contributed by atoms with E-state index in [4.69, 9.17) is 4.74 Å². The van der Waals surface area contributed by atoms with Crippen LogP contribution in [0.15, 0.2) is 77.5 Å². The first-order valence-electron chi connectivity index (χ1n) is 8.29. The fourth-order valence-corrected chi connectivity index (χ4v) is 2.76. The van der Waals surface area contributed by atoms with Crippen molar-refractivity contribution in [3.05, 3.63) is 83.1 Å². The van der Waals surface area contributed by atoms with Gasteiger partial charge in [0.05, 0.1) is 0 Å². The molecule has 6 nitrogen and oxygen atoms in total. The van der Waals surface area contributed by atoms with Crippen LogP contribution in [0.5, 0.6) is 5.75 Å². The standard InChI is InChI=1S/C20H18BrN3O3/c1-14(27-18-6-4-5-16(21)13-18)19(25)22-23-20(26)15-7-9-17(10-8-15)24-11-2-3-12-24/h2-14H,1H3,(H,22,25)(H,23,26). The second kappa shape index (κ2) is 8.55. The molecule has 1 atom stereocenters. The van der Waals surface area contributed by atoms with Gasteiger partial charge in [-0.2, -0.15) is 0 Å². The zero-order chi connectivity index (χ0) is 19.2. The normalized spacial score (nSPS) is 11.5. The lowest BCUT2D eigenvalue weighted by Crippen LogP contribution is -2.47. The van der Waals surface area contributed by atoms with Crippen LogP contribution in [0.25, 0.3) is 5.69 Å². The lowest BCUT2D eigenvalue weighted by atomic mass is 10.2. The molecule has 0 aliphatic rings. The summed E-state index contributed by atoms with van der Waals surface area (Å²) in [6.07, 6.45) is 3.07. The predicted octanol–water partition coefficient (Wildman–Crippen LogP) is 3.47. The van der Waals surface area contributed by atoms with E-state index < -0.39 is 17.9 Å². The number of aromatic nitrogens is 1. The maximum absolute atomic E-state index is 12.2. The molecule has 1 heterocycles. The van der Waals surface area contributed by atoms with Gasteiger partial charge >= 0.3 is 0 Å². The number of amides is 2. The van der Waals surface area contributed by atoms with Gasteiger partial charge in [-0.1, -0.05) is 22.0 Å². The third kappa shape index (κ3) is 4.98. The number of halogens is 1. The van der Waals surface area contributed by atoms with Crippen molar-refractivity contribution in [3.63, 3.8) is 0 Å². The number of rotatable bonds is 5. The van der Waals surface area contributed by atoms with Crippen LogP contribution in [0.1, 0.15) is 17.3 Å². The van der Waals surface area contributed by atoms with Crippen molar-refractivity contribution in [2.75, 3.05) is 0 Å². The van der Waals surface area contributed by atoms with E-state index in [1.807, 2.05) is 53.4 Å². The van der Waals surface area contributed by atoms with Crippen molar-refractivity contribution in [2.45, 2.75) is 13.0 Å². The smallest absolute Gasteiger partial charge is 0.279 e. The molecule has 1 unspecified atom stereocenters. The second-order valence-electron chi connectivity index (χ2n) is 5.80. The first-order valence-corrected chi connectivity index (χ1v) is 9.08. The SMILES string of the molecule is CC(Oc1cccc(Br)c1)C(=O)NNC(=O)c1ccc(-n2cccc2)cc1. The molecule has 1 aromatic heterocycles. The number of benzene rings is 2. The molecule has 0 aliphatic carbocycles. The van der Waals surface area contributed by atoms with E-state index in [0.29, 0.717) is 11.3 Å². The number of carbonyl (C=O) groups excluding carboxylic acids is 2. The van der Waals surface area contributed by atoms with Gasteiger partial charge in [-0.05, 0) is 61.5 Å². The lowest BCUT2D eigenvalue weighted by Gasteiger charge is -2.15. The molecule has 0 radical (unpaired) electrons. The minimum atomic E-state index is -0.768. The number of carbonyl (C=O) groups is 2.